The van der Waals surface area contributed by atoms with Gasteiger partial charge in [0.2, 0.25) is 5.91 Å². The third kappa shape index (κ3) is 5.11. The molecule has 1 aliphatic carbocycles. The molecule has 2 aromatic carbocycles. The van der Waals surface area contributed by atoms with Crippen LogP contribution >= 0.6 is 11.6 Å². The molecule has 0 radical (unpaired) electrons. The minimum Gasteiger partial charge on any atom is -0.488 e. The summed E-state index contributed by atoms with van der Waals surface area (Å²) in [5.74, 6) is 0.928. The third-order valence-electron chi connectivity index (χ3n) is 6.72. The molecule has 5 rings (SSSR count). The molecule has 7 heteroatoms. The number of likely N-dealkylation sites (tertiary alicyclic amines) is 1. The van der Waals surface area contributed by atoms with Crippen LogP contribution in [0.3, 0.4) is 0 Å². The zero-order chi connectivity index (χ0) is 25.2. The summed E-state index contributed by atoms with van der Waals surface area (Å²) in [6, 6.07) is 15.5. The van der Waals surface area contributed by atoms with E-state index in [0.717, 1.165) is 46.9 Å². The van der Waals surface area contributed by atoms with Crippen molar-refractivity contribution in [2.75, 3.05) is 20.1 Å². The number of ether oxygens (including phenoxy) is 1. The zero-order valence-electron chi connectivity index (χ0n) is 20.8. The van der Waals surface area contributed by atoms with Crippen molar-refractivity contribution in [3.8, 4) is 17.0 Å². The first-order chi connectivity index (χ1) is 17.4. The standard InChI is InChI=1S/C29H31ClN4O2/c1-18(2)27(23-8-4-5-9-25(23)30)31-29(35)20-7-6-10-26-24(15-20)28(33-32-26)19-11-13-21(14-12-19)36-22-16-34(3)17-22/h4-6,8-15,18,22,27H,7,16-17H2,1-3H3,(H,31,35)(H,32,33). The van der Waals surface area contributed by atoms with E-state index in [-0.39, 0.29) is 24.0 Å². The lowest BCUT2D eigenvalue weighted by atomic mass is 9.95. The molecule has 1 fully saturated rings. The largest absolute Gasteiger partial charge is 0.488 e. The first-order valence-electron chi connectivity index (χ1n) is 12.4. The average Bonchev–Trinajstić information content (AvgIpc) is 3.11. The van der Waals surface area contributed by atoms with Gasteiger partial charge in [-0.1, -0.05) is 49.7 Å². The number of rotatable bonds is 7. The van der Waals surface area contributed by atoms with Crippen molar-refractivity contribution in [1.29, 1.82) is 0 Å². The van der Waals surface area contributed by atoms with Crippen molar-refractivity contribution >= 4 is 29.7 Å². The maximum atomic E-state index is 13.4. The van der Waals surface area contributed by atoms with Gasteiger partial charge in [0.15, 0.2) is 0 Å². The van der Waals surface area contributed by atoms with E-state index in [1.54, 1.807) is 0 Å². The van der Waals surface area contributed by atoms with Gasteiger partial charge in [0, 0.05) is 34.8 Å². The smallest absolute Gasteiger partial charge is 0.248 e. The number of nitrogens with zero attached hydrogens (tertiary/aromatic N) is 2. The molecular weight excluding hydrogens is 472 g/mol. The van der Waals surface area contributed by atoms with Gasteiger partial charge in [-0.05, 0) is 67.4 Å². The van der Waals surface area contributed by atoms with Crippen LogP contribution in [0.1, 0.15) is 43.1 Å². The summed E-state index contributed by atoms with van der Waals surface area (Å²) >= 11 is 6.46. The Labute approximate surface area is 217 Å². The molecule has 0 saturated carbocycles. The normalized spacial score (nSPS) is 16.6. The maximum absolute atomic E-state index is 13.4. The molecule has 2 aliphatic rings. The number of aromatic amines is 1. The Morgan fingerprint density at radius 3 is 2.61 bits per heavy atom. The van der Waals surface area contributed by atoms with Crippen molar-refractivity contribution in [1.82, 2.24) is 20.4 Å². The van der Waals surface area contributed by atoms with E-state index in [2.05, 4.69) is 41.3 Å². The van der Waals surface area contributed by atoms with Gasteiger partial charge >= 0.3 is 0 Å². The van der Waals surface area contributed by atoms with Crippen molar-refractivity contribution in [2.24, 2.45) is 5.92 Å². The molecule has 1 atom stereocenters. The molecule has 36 heavy (non-hydrogen) atoms. The second-order valence-electron chi connectivity index (χ2n) is 9.88. The molecule has 3 aromatic rings. The lowest BCUT2D eigenvalue weighted by Gasteiger charge is -2.36. The van der Waals surface area contributed by atoms with Crippen LogP contribution in [-0.2, 0) is 4.79 Å². The minimum absolute atomic E-state index is 0.104. The fourth-order valence-electron chi connectivity index (χ4n) is 4.72. The zero-order valence-corrected chi connectivity index (χ0v) is 21.5. The summed E-state index contributed by atoms with van der Waals surface area (Å²) in [5, 5.41) is 11.6. The molecule has 1 amide bonds. The fourth-order valence-corrected chi connectivity index (χ4v) is 4.97. The number of likely N-dealkylation sites (N-methyl/N-ethyl adjacent to an activating group) is 1. The first-order valence-corrected chi connectivity index (χ1v) is 12.7. The monoisotopic (exact) mass is 502 g/mol. The van der Waals surface area contributed by atoms with E-state index in [4.69, 9.17) is 16.3 Å². The predicted octanol–water partition coefficient (Wildman–Crippen LogP) is 5.74. The Balaban J connectivity index is 1.38. The number of carbonyl (C=O) groups excluding carboxylic acids is 1. The van der Waals surface area contributed by atoms with E-state index < -0.39 is 0 Å². The van der Waals surface area contributed by atoms with Gasteiger partial charge < -0.3 is 10.1 Å². The Kier molecular flexibility index (Phi) is 6.99. The number of halogens is 1. The first kappa shape index (κ1) is 24.3. The van der Waals surface area contributed by atoms with E-state index in [9.17, 15) is 4.79 Å². The Morgan fingerprint density at radius 1 is 1.17 bits per heavy atom. The van der Waals surface area contributed by atoms with Crippen LogP contribution in [-0.4, -0.2) is 47.2 Å². The van der Waals surface area contributed by atoms with Gasteiger partial charge in [0.1, 0.15) is 11.9 Å². The molecule has 2 N–H and O–H groups in total. The van der Waals surface area contributed by atoms with Crippen molar-refractivity contribution < 1.29 is 9.53 Å². The Morgan fingerprint density at radius 2 is 1.92 bits per heavy atom. The quantitative estimate of drug-likeness (QED) is 0.432. The summed E-state index contributed by atoms with van der Waals surface area (Å²) in [5.41, 5.74) is 5.17. The van der Waals surface area contributed by atoms with Crippen LogP contribution in [0.25, 0.3) is 23.4 Å². The average molecular weight is 503 g/mol. The second kappa shape index (κ2) is 10.3. The molecule has 186 valence electrons. The molecule has 1 saturated heterocycles. The van der Waals surface area contributed by atoms with E-state index in [1.165, 1.54) is 0 Å². The third-order valence-corrected chi connectivity index (χ3v) is 7.06. The number of carbonyl (C=O) groups is 1. The van der Waals surface area contributed by atoms with Crippen molar-refractivity contribution in [3.63, 3.8) is 0 Å². The highest BCUT2D eigenvalue weighted by atomic mass is 35.5. The van der Waals surface area contributed by atoms with Gasteiger partial charge in [0.25, 0.3) is 0 Å². The van der Waals surface area contributed by atoms with Gasteiger partial charge in [0.05, 0.1) is 17.4 Å². The molecule has 0 spiro atoms. The molecular formula is C29H31ClN4O2. The topological polar surface area (TPSA) is 70.2 Å². The van der Waals surface area contributed by atoms with Gasteiger partial charge in [-0.15, -0.1) is 0 Å². The number of amides is 1. The van der Waals surface area contributed by atoms with E-state index in [1.807, 2.05) is 66.8 Å². The summed E-state index contributed by atoms with van der Waals surface area (Å²) < 4.78 is 6.02. The van der Waals surface area contributed by atoms with Crippen molar-refractivity contribution in [2.45, 2.75) is 32.4 Å². The summed E-state index contributed by atoms with van der Waals surface area (Å²) in [7, 11) is 2.09. The molecule has 6 nitrogen and oxygen atoms in total. The number of nitrogens with one attached hydrogen (secondary N) is 2. The molecule has 1 aromatic heterocycles. The molecule has 0 bridgehead atoms. The SMILES string of the molecule is CC(C)C(NC(=O)C1=Cc2c(-c3ccc(OC4CN(C)C4)cc3)n[nH]c2C=CC1)c1ccccc1Cl. The van der Waals surface area contributed by atoms with Gasteiger partial charge in [-0.2, -0.15) is 5.10 Å². The summed E-state index contributed by atoms with van der Waals surface area (Å²) in [4.78, 5) is 15.7. The number of allylic oxidation sites excluding steroid dienone is 1. The maximum Gasteiger partial charge on any atom is 0.248 e. The lowest BCUT2D eigenvalue weighted by Crippen LogP contribution is -2.51. The Hall–Kier alpha value is -3.35. The van der Waals surface area contributed by atoms with Gasteiger partial charge in [-0.3, -0.25) is 14.8 Å². The molecule has 2 heterocycles. The number of benzene rings is 2. The predicted molar refractivity (Wildman–Crippen MR) is 145 cm³/mol. The summed E-state index contributed by atoms with van der Waals surface area (Å²) in [6.45, 7) is 6.06. The van der Waals surface area contributed by atoms with Crippen LogP contribution in [0.2, 0.25) is 5.02 Å². The number of aromatic nitrogens is 2. The van der Waals surface area contributed by atoms with Crippen molar-refractivity contribution in [3.05, 3.63) is 82.0 Å². The number of hydrogen-bond acceptors (Lipinski definition) is 4. The number of H-pyrrole nitrogens is 1. The Bertz CT molecular complexity index is 1300. The van der Waals surface area contributed by atoms with E-state index in [0.29, 0.717) is 17.0 Å². The van der Waals surface area contributed by atoms with Gasteiger partial charge in [-0.25, -0.2) is 0 Å². The fraction of sp³-hybridized carbons (Fsp3) is 0.310. The molecule has 1 unspecified atom stereocenters. The number of fused-ring (bicyclic) bond motifs is 1. The highest BCUT2D eigenvalue weighted by molar-refractivity contribution is 6.31. The summed E-state index contributed by atoms with van der Waals surface area (Å²) in [6.07, 6.45) is 6.70. The highest BCUT2D eigenvalue weighted by Crippen LogP contribution is 2.32. The van der Waals surface area contributed by atoms with Crippen LogP contribution in [0.5, 0.6) is 5.75 Å². The van der Waals surface area contributed by atoms with Crippen LogP contribution in [0.4, 0.5) is 0 Å². The van der Waals surface area contributed by atoms with Crippen LogP contribution < -0.4 is 10.1 Å². The van der Waals surface area contributed by atoms with Crippen LogP contribution in [0, 0.1) is 5.92 Å². The molecule has 1 aliphatic heterocycles. The lowest BCUT2D eigenvalue weighted by molar-refractivity contribution is -0.118. The second-order valence-corrected chi connectivity index (χ2v) is 10.3. The van der Waals surface area contributed by atoms with E-state index >= 15 is 0 Å². The minimum atomic E-state index is -0.189. The number of hydrogen-bond donors (Lipinski definition) is 2. The van der Waals surface area contributed by atoms with Crippen LogP contribution in [0.15, 0.2) is 60.2 Å². The highest BCUT2D eigenvalue weighted by Gasteiger charge is 2.25.